The minimum Gasteiger partial charge on any atom is -0.388 e. The molecule has 42 heavy (non-hydrogen) atoms. The average molecular weight is 581 g/mol. The largest absolute Gasteiger partial charge is 0.388 e. The van der Waals surface area contributed by atoms with Crippen LogP contribution in [0.3, 0.4) is 0 Å². The predicted molar refractivity (Wildman–Crippen MR) is 180 cm³/mol. The maximum absolute atomic E-state index is 11.5. The molecule has 0 heterocycles. The van der Waals surface area contributed by atoms with Crippen molar-refractivity contribution in [3.05, 3.63) is 83.1 Å². The molecule has 0 fully saturated rings. The van der Waals surface area contributed by atoms with Gasteiger partial charge >= 0.3 is 0 Å². The van der Waals surface area contributed by atoms with E-state index in [4.69, 9.17) is 0 Å². The van der Waals surface area contributed by atoms with Gasteiger partial charge in [-0.05, 0) is 69.8 Å². The van der Waals surface area contributed by atoms with Gasteiger partial charge in [0.05, 0.1) is 12.0 Å². The third-order valence-electron chi connectivity index (χ3n) is 7.92. The lowest BCUT2D eigenvalue weighted by Crippen LogP contribution is -2.21. The minimum atomic E-state index is -0.664. The van der Waals surface area contributed by atoms with E-state index < -0.39 is 12.2 Å². The quantitative estimate of drug-likeness (QED) is 0.122. The van der Waals surface area contributed by atoms with E-state index in [1.165, 1.54) is 88.0 Å². The van der Waals surface area contributed by atoms with E-state index in [1.54, 1.807) is 11.6 Å². The van der Waals surface area contributed by atoms with Crippen molar-refractivity contribution in [1.29, 1.82) is 0 Å². The van der Waals surface area contributed by atoms with Crippen LogP contribution in [0.4, 0.5) is 0 Å². The Morgan fingerprint density at radius 1 is 0.738 bits per heavy atom. The molecule has 4 nitrogen and oxygen atoms in total. The molecule has 0 aromatic carbocycles. The van der Waals surface area contributed by atoms with Crippen molar-refractivity contribution in [2.75, 3.05) is 0 Å². The summed E-state index contributed by atoms with van der Waals surface area (Å²) in [5, 5.41) is 18.9. The van der Waals surface area contributed by atoms with Crippen molar-refractivity contribution in [3.63, 3.8) is 0 Å². The van der Waals surface area contributed by atoms with E-state index in [2.05, 4.69) is 51.7 Å². The highest BCUT2D eigenvalue weighted by Gasteiger charge is 2.29. The Hall–Kier alpha value is -2.56. The molecule has 3 rings (SSSR count). The van der Waals surface area contributed by atoms with Crippen LogP contribution in [-0.4, -0.2) is 34.0 Å². The van der Waals surface area contributed by atoms with Crippen molar-refractivity contribution < 1.29 is 19.8 Å². The highest BCUT2D eigenvalue weighted by molar-refractivity contribution is 6.08. The molecule has 0 spiro atoms. The van der Waals surface area contributed by atoms with Crippen LogP contribution in [-0.2, 0) is 9.59 Å². The highest BCUT2D eigenvalue weighted by atomic mass is 16.3. The number of carbonyl (C=O) groups is 2. The number of rotatable bonds is 14. The molecule has 0 saturated heterocycles. The van der Waals surface area contributed by atoms with Gasteiger partial charge in [0.2, 0.25) is 0 Å². The number of allylic oxidation sites excluding steroid dienone is 9. The number of hydrogen-bond acceptors (Lipinski definition) is 4. The normalized spacial score (nSPS) is 21.1. The Labute approximate surface area is 257 Å². The monoisotopic (exact) mass is 580 g/mol. The van der Waals surface area contributed by atoms with Crippen molar-refractivity contribution in [1.82, 2.24) is 0 Å². The highest BCUT2D eigenvalue weighted by Crippen LogP contribution is 2.24. The van der Waals surface area contributed by atoms with Gasteiger partial charge in [0.15, 0.2) is 11.6 Å². The molecule has 0 aliphatic heterocycles. The van der Waals surface area contributed by atoms with Gasteiger partial charge < -0.3 is 10.2 Å². The van der Waals surface area contributed by atoms with E-state index >= 15 is 0 Å². The summed E-state index contributed by atoms with van der Waals surface area (Å²) in [7, 11) is 0. The van der Waals surface area contributed by atoms with Crippen LogP contribution in [0.15, 0.2) is 83.1 Å². The number of hydrogen-bond donors (Lipinski definition) is 2. The molecule has 236 valence electrons. The van der Waals surface area contributed by atoms with Gasteiger partial charge in [0.1, 0.15) is 6.10 Å². The number of aliphatic hydroxyl groups is 2. The summed E-state index contributed by atoms with van der Waals surface area (Å²) in [4.78, 5) is 22.5. The SMILES string of the molecule is C.C=C(CC)C1C(=O)C=CC1O.CCCCCCCC(C)=C1C(=O)C=CC1O.CCCCCCCC(C)=C1C=CC=C1. The molecule has 0 aromatic heterocycles. The van der Waals surface area contributed by atoms with Crippen LogP contribution in [0.2, 0.25) is 0 Å². The Kier molecular flexibility index (Phi) is 21.6. The van der Waals surface area contributed by atoms with Gasteiger partial charge in [-0.15, -0.1) is 0 Å². The molecule has 3 unspecified atom stereocenters. The van der Waals surface area contributed by atoms with Crippen molar-refractivity contribution in [2.24, 2.45) is 5.92 Å². The summed E-state index contributed by atoms with van der Waals surface area (Å²) in [5.74, 6) is -0.414. The van der Waals surface area contributed by atoms with Crippen molar-refractivity contribution in [3.8, 4) is 0 Å². The molecule has 0 saturated carbocycles. The number of aliphatic hydroxyl groups excluding tert-OH is 2. The molecular weight excluding hydrogens is 520 g/mol. The van der Waals surface area contributed by atoms with Crippen LogP contribution >= 0.6 is 0 Å². The Morgan fingerprint density at radius 2 is 1.26 bits per heavy atom. The summed E-state index contributed by atoms with van der Waals surface area (Å²) in [6.45, 7) is 14.4. The van der Waals surface area contributed by atoms with Crippen LogP contribution in [0.1, 0.15) is 126 Å². The minimum absolute atomic E-state index is 0. The van der Waals surface area contributed by atoms with Crippen LogP contribution in [0.5, 0.6) is 0 Å². The fourth-order valence-electron chi connectivity index (χ4n) is 5.14. The van der Waals surface area contributed by atoms with Gasteiger partial charge in [-0.25, -0.2) is 0 Å². The van der Waals surface area contributed by atoms with E-state index in [0.717, 1.165) is 30.4 Å². The van der Waals surface area contributed by atoms with E-state index in [0.29, 0.717) is 5.57 Å². The third kappa shape index (κ3) is 14.6. The number of unbranched alkanes of at least 4 members (excludes halogenated alkanes) is 8. The van der Waals surface area contributed by atoms with Crippen molar-refractivity contribution >= 4 is 11.6 Å². The third-order valence-corrected chi connectivity index (χ3v) is 7.92. The number of ketones is 2. The fourth-order valence-corrected chi connectivity index (χ4v) is 5.14. The van der Waals surface area contributed by atoms with E-state index in [-0.39, 0.29) is 24.9 Å². The molecule has 3 aliphatic carbocycles. The van der Waals surface area contributed by atoms with Crippen molar-refractivity contribution in [2.45, 2.75) is 138 Å². The lowest BCUT2D eigenvalue weighted by molar-refractivity contribution is -0.118. The summed E-state index contributed by atoms with van der Waals surface area (Å²) in [5.41, 5.74) is 5.45. The summed E-state index contributed by atoms with van der Waals surface area (Å²) < 4.78 is 0. The Morgan fingerprint density at radius 3 is 1.69 bits per heavy atom. The first-order valence-corrected chi connectivity index (χ1v) is 15.9. The summed E-state index contributed by atoms with van der Waals surface area (Å²) in [6, 6.07) is 0. The number of carbonyl (C=O) groups excluding carboxylic acids is 2. The molecule has 0 aromatic rings. The molecule has 3 aliphatic rings. The first-order valence-electron chi connectivity index (χ1n) is 15.9. The van der Waals surface area contributed by atoms with Crippen LogP contribution in [0, 0.1) is 5.92 Å². The van der Waals surface area contributed by atoms with Gasteiger partial charge in [-0.2, -0.15) is 0 Å². The fraction of sp³-hybridized carbons (Fsp3) is 0.579. The topological polar surface area (TPSA) is 74.6 Å². The van der Waals surface area contributed by atoms with Crippen LogP contribution < -0.4 is 0 Å². The second-order valence-electron chi connectivity index (χ2n) is 11.4. The second kappa shape index (κ2) is 23.0. The van der Waals surface area contributed by atoms with E-state index in [9.17, 15) is 19.8 Å². The summed E-state index contributed by atoms with van der Waals surface area (Å²) in [6.07, 6.45) is 29.3. The zero-order valence-corrected chi connectivity index (χ0v) is 26.5. The second-order valence-corrected chi connectivity index (χ2v) is 11.4. The lowest BCUT2D eigenvalue weighted by Gasteiger charge is -2.13. The van der Waals surface area contributed by atoms with E-state index in [1.807, 2.05) is 13.8 Å². The Bertz CT molecular complexity index is 1000. The molecule has 0 amide bonds. The molecule has 4 heteroatoms. The molecular formula is C38H60O4. The average Bonchev–Trinajstić information content (AvgIpc) is 3.69. The Balaban J connectivity index is 0.000000603. The predicted octanol–water partition coefficient (Wildman–Crippen LogP) is 9.66. The molecule has 0 bridgehead atoms. The zero-order valence-electron chi connectivity index (χ0n) is 26.5. The first kappa shape index (κ1) is 39.4. The van der Waals surface area contributed by atoms with Gasteiger partial charge in [-0.1, -0.05) is 133 Å². The molecule has 0 radical (unpaired) electrons. The zero-order chi connectivity index (χ0) is 30.6. The van der Waals surface area contributed by atoms with Gasteiger partial charge in [-0.3, -0.25) is 9.59 Å². The first-order chi connectivity index (χ1) is 19.7. The maximum Gasteiger partial charge on any atom is 0.184 e. The smallest absolute Gasteiger partial charge is 0.184 e. The molecule has 3 atom stereocenters. The van der Waals surface area contributed by atoms with Crippen LogP contribution in [0.25, 0.3) is 0 Å². The maximum atomic E-state index is 11.5. The van der Waals surface area contributed by atoms with Gasteiger partial charge in [0.25, 0.3) is 0 Å². The summed E-state index contributed by atoms with van der Waals surface area (Å²) >= 11 is 0. The molecule has 2 N–H and O–H groups in total. The standard InChI is InChI=1S/C14H22O2.C14H22.C9H12O2.CH4/c1-3-4-5-6-7-8-11(2)14-12(15)9-10-13(14)16;1-3-4-5-6-7-10-13(2)14-11-8-9-12-14;1-3-6(2)9-7(10)4-5-8(9)11;/h9-10,12,15H,3-8H2,1-2H3;8-9,11-12H,3-7,10H2,1-2H3;4-5,7,9-10H,2-3H2,1H3;1H4. The van der Waals surface area contributed by atoms with Gasteiger partial charge in [0, 0.05) is 5.57 Å². The lowest BCUT2D eigenvalue weighted by atomic mass is 9.93.